The summed E-state index contributed by atoms with van der Waals surface area (Å²) in [6.07, 6.45) is 0. The van der Waals surface area contributed by atoms with E-state index in [4.69, 9.17) is 11.6 Å². The van der Waals surface area contributed by atoms with Crippen LogP contribution < -0.4 is 10.6 Å². The van der Waals surface area contributed by atoms with Gasteiger partial charge in [-0.25, -0.2) is 9.78 Å². The largest absolute Gasteiger partial charge is 0.349 e. The lowest BCUT2D eigenvalue weighted by Crippen LogP contribution is -2.39. The number of benzene rings is 1. The highest BCUT2D eigenvalue weighted by atomic mass is 35.5. The van der Waals surface area contributed by atoms with E-state index >= 15 is 0 Å². The molecule has 2 N–H and O–H groups in total. The first-order chi connectivity index (χ1) is 12.3. The third kappa shape index (κ3) is 5.71. The predicted octanol–water partition coefficient (Wildman–Crippen LogP) is 4.38. The lowest BCUT2D eigenvalue weighted by atomic mass is 10.3. The van der Waals surface area contributed by atoms with E-state index in [1.165, 1.54) is 11.3 Å². The predicted molar refractivity (Wildman–Crippen MR) is 106 cm³/mol. The molecule has 0 fully saturated rings. The van der Waals surface area contributed by atoms with Gasteiger partial charge in [-0.05, 0) is 52.0 Å². The Balaban J connectivity index is 2.06. The SMILES string of the molecule is CC(C)NC(=O)c1csc(CN(C(=O)Nc2ccc(Cl)cc2)C(C)C)n1. The minimum absolute atomic E-state index is 0.0286. The van der Waals surface area contributed by atoms with Crippen molar-refractivity contribution in [3.63, 3.8) is 0 Å². The molecule has 2 aromatic rings. The van der Waals surface area contributed by atoms with Crippen LogP contribution in [-0.4, -0.2) is 33.9 Å². The van der Waals surface area contributed by atoms with Crippen molar-refractivity contribution in [2.75, 3.05) is 5.32 Å². The number of anilines is 1. The summed E-state index contributed by atoms with van der Waals surface area (Å²) >= 11 is 7.23. The van der Waals surface area contributed by atoms with Gasteiger partial charge in [0.05, 0.1) is 6.54 Å². The summed E-state index contributed by atoms with van der Waals surface area (Å²) in [5, 5.41) is 8.69. The van der Waals surface area contributed by atoms with Gasteiger partial charge in [-0.1, -0.05) is 11.6 Å². The average Bonchev–Trinajstić information content (AvgIpc) is 3.02. The number of thiazole rings is 1. The average molecular weight is 395 g/mol. The Labute approximate surface area is 162 Å². The first-order valence-corrected chi connectivity index (χ1v) is 9.60. The standard InChI is InChI=1S/C18H23ClN4O2S/c1-11(2)20-17(24)15-10-26-16(22-15)9-23(12(3)4)18(25)21-14-7-5-13(19)6-8-14/h5-8,10-12H,9H2,1-4H3,(H,20,24)(H,21,25). The van der Waals surface area contributed by atoms with E-state index < -0.39 is 0 Å². The lowest BCUT2D eigenvalue weighted by Gasteiger charge is -2.26. The van der Waals surface area contributed by atoms with Crippen LogP contribution in [0, 0.1) is 0 Å². The summed E-state index contributed by atoms with van der Waals surface area (Å²) in [7, 11) is 0. The number of rotatable bonds is 6. The Kier molecular flexibility index (Phi) is 6.99. The smallest absolute Gasteiger partial charge is 0.322 e. The van der Waals surface area contributed by atoms with Crippen LogP contribution in [0.5, 0.6) is 0 Å². The number of amides is 3. The minimum atomic E-state index is -0.231. The van der Waals surface area contributed by atoms with Crippen LogP contribution in [0.2, 0.25) is 5.02 Å². The highest BCUT2D eigenvalue weighted by molar-refractivity contribution is 7.09. The number of urea groups is 1. The molecule has 2 rings (SSSR count). The van der Waals surface area contributed by atoms with Gasteiger partial charge in [0.2, 0.25) is 0 Å². The summed E-state index contributed by atoms with van der Waals surface area (Å²) < 4.78 is 0. The summed E-state index contributed by atoms with van der Waals surface area (Å²) in [5.74, 6) is -0.204. The van der Waals surface area contributed by atoms with Gasteiger partial charge in [0, 0.05) is 28.2 Å². The monoisotopic (exact) mass is 394 g/mol. The van der Waals surface area contributed by atoms with Crippen molar-refractivity contribution in [3.8, 4) is 0 Å². The molecule has 0 aliphatic rings. The van der Waals surface area contributed by atoms with Gasteiger partial charge in [-0.15, -0.1) is 11.3 Å². The molecule has 0 aliphatic carbocycles. The first-order valence-electron chi connectivity index (χ1n) is 8.34. The summed E-state index contributed by atoms with van der Waals surface area (Å²) in [6, 6.07) is 6.72. The molecule has 6 nitrogen and oxygen atoms in total. The first kappa shape index (κ1) is 20.2. The molecule has 3 amide bonds. The Morgan fingerprint density at radius 3 is 2.42 bits per heavy atom. The molecule has 1 heterocycles. The van der Waals surface area contributed by atoms with Crippen molar-refractivity contribution in [2.24, 2.45) is 0 Å². The number of carbonyl (C=O) groups excluding carboxylic acids is 2. The highest BCUT2D eigenvalue weighted by Gasteiger charge is 2.20. The molecule has 0 saturated heterocycles. The quantitative estimate of drug-likeness (QED) is 0.763. The van der Waals surface area contributed by atoms with Gasteiger partial charge in [0.25, 0.3) is 5.91 Å². The van der Waals surface area contributed by atoms with Crippen molar-refractivity contribution < 1.29 is 9.59 Å². The summed E-state index contributed by atoms with van der Waals surface area (Å²) in [4.78, 5) is 30.6. The van der Waals surface area contributed by atoms with Crippen molar-refractivity contribution >= 4 is 40.6 Å². The van der Waals surface area contributed by atoms with Gasteiger partial charge in [-0.3, -0.25) is 4.79 Å². The van der Waals surface area contributed by atoms with Crippen LogP contribution >= 0.6 is 22.9 Å². The Hall–Kier alpha value is -2.12. The second kappa shape index (κ2) is 9.00. The van der Waals surface area contributed by atoms with Gasteiger partial charge in [0.15, 0.2) is 0 Å². The van der Waals surface area contributed by atoms with Crippen molar-refractivity contribution in [2.45, 2.75) is 46.3 Å². The van der Waals surface area contributed by atoms with E-state index in [1.54, 1.807) is 34.5 Å². The molecule has 0 spiro atoms. The zero-order chi connectivity index (χ0) is 19.3. The fourth-order valence-corrected chi connectivity index (χ4v) is 3.09. The number of hydrogen-bond donors (Lipinski definition) is 2. The molecule has 0 bridgehead atoms. The van der Waals surface area contributed by atoms with Crippen molar-refractivity contribution in [1.82, 2.24) is 15.2 Å². The number of nitrogens with one attached hydrogen (secondary N) is 2. The summed E-state index contributed by atoms with van der Waals surface area (Å²) in [6.45, 7) is 7.99. The maximum atomic E-state index is 12.6. The third-order valence-corrected chi connectivity index (χ3v) is 4.58. The molecule has 0 aliphatic heterocycles. The highest BCUT2D eigenvalue weighted by Crippen LogP contribution is 2.17. The van der Waals surface area contributed by atoms with Gasteiger partial charge in [0.1, 0.15) is 10.7 Å². The Morgan fingerprint density at radius 2 is 1.85 bits per heavy atom. The van der Waals surface area contributed by atoms with Crippen LogP contribution in [0.1, 0.15) is 43.2 Å². The fraction of sp³-hybridized carbons (Fsp3) is 0.389. The molecule has 0 atom stereocenters. The van der Waals surface area contributed by atoms with E-state index in [0.717, 1.165) is 0 Å². The molecule has 8 heteroatoms. The number of hydrogen-bond acceptors (Lipinski definition) is 4. The maximum Gasteiger partial charge on any atom is 0.322 e. The molecule has 0 unspecified atom stereocenters. The van der Waals surface area contributed by atoms with Gasteiger partial charge >= 0.3 is 6.03 Å². The number of nitrogens with zero attached hydrogens (tertiary/aromatic N) is 2. The van der Waals surface area contributed by atoms with Crippen molar-refractivity contribution in [3.05, 3.63) is 45.4 Å². The second-order valence-corrected chi connectivity index (χ2v) is 7.79. The van der Waals surface area contributed by atoms with E-state index in [9.17, 15) is 9.59 Å². The number of carbonyl (C=O) groups is 2. The molecule has 26 heavy (non-hydrogen) atoms. The van der Waals surface area contributed by atoms with E-state index in [0.29, 0.717) is 28.0 Å². The van der Waals surface area contributed by atoms with Crippen LogP contribution in [0.25, 0.3) is 0 Å². The van der Waals surface area contributed by atoms with Crippen LogP contribution in [-0.2, 0) is 6.54 Å². The topological polar surface area (TPSA) is 74.3 Å². The molecule has 0 radical (unpaired) electrons. The fourth-order valence-electron chi connectivity index (χ4n) is 2.19. The number of aromatic nitrogens is 1. The molecule has 1 aromatic carbocycles. The normalized spacial score (nSPS) is 10.9. The third-order valence-electron chi connectivity index (χ3n) is 3.49. The Bertz CT molecular complexity index is 759. The second-order valence-electron chi connectivity index (χ2n) is 6.41. The van der Waals surface area contributed by atoms with Crippen LogP contribution in [0.3, 0.4) is 0 Å². The van der Waals surface area contributed by atoms with Gasteiger partial charge in [-0.2, -0.15) is 0 Å². The van der Waals surface area contributed by atoms with E-state index in [1.807, 2.05) is 27.7 Å². The zero-order valence-electron chi connectivity index (χ0n) is 15.2. The van der Waals surface area contributed by atoms with Crippen molar-refractivity contribution in [1.29, 1.82) is 0 Å². The van der Waals surface area contributed by atoms with Crippen LogP contribution in [0.15, 0.2) is 29.6 Å². The molecule has 140 valence electrons. The summed E-state index contributed by atoms with van der Waals surface area (Å²) in [5.41, 5.74) is 1.04. The lowest BCUT2D eigenvalue weighted by molar-refractivity contribution is 0.0938. The number of halogens is 1. The molecular formula is C18H23ClN4O2S. The molecular weight excluding hydrogens is 372 g/mol. The van der Waals surface area contributed by atoms with Crippen LogP contribution in [0.4, 0.5) is 10.5 Å². The van der Waals surface area contributed by atoms with E-state index in [2.05, 4.69) is 15.6 Å². The molecule has 1 aromatic heterocycles. The Morgan fingerprint density at radius 1 is 1.19 bits per heavy atom. The maximum absolute atomic E-state index is 12.6. The van der Waals surface area contributed by atoms with Gasteiger partial charge < -0.3 is 15.5 Å². The van der Waals surface area contributed by atoms with E-state index in [-0.39, 0.29) is 24.0 Å². The molecule has 0 saturated carbocycles. The zero-order valence-corrected chi connectivity index (χ0v) is 16.8. The minimum Gasteiger partial charge on any atom is -0.349 e.